The Kier molecular flexibility index (Phi) is 3.46. The van der Waals surface area contributed by atoms with Crippen molar-refractivity contribution >= 4 is 17.6 Å². The molecule has 2 rings (SSSR count). The summed E-state index contributed by atoms with van der Waals surface area (Å²) in [4.78, 5) is 12.7. The van der Waals surface area contributed by atoms with E-state index < -0.39 is 5.97 Å². The zero-order valence-electron chi connectivity index (χ0n) is 8.90. The molecule has 0 radical (unpaired) electrons. The summed E-state index contributed by atoms with van der Waals surface area (Å²) in [6, 6.07) is 7.90. The Hall–Kier alpha value is -1.06. The number of nitrogens with zero attached hydrogens (tertiary/aromatic N) is 1. The van der Waals surface area contributed by atoms with Gasteiger partial charge in [-0.25, -0.2) is 0 Å². The molecule has 1 aromatic rings. The first-order chi connectivity index (χ1) is 7.66. The summed E-state index contributed by atoms with van der Waals surface area (Å²) in [5.41, 5.74) is 1.16. The van der Waals surface area contributed by atoms with Gasteiger partial charge in [0.2, 0.25) is 0 Å². The van der Waals surface area contributed by atoms with E-state index in [1.807, 2.05) is 29.2 Å². The van der Waals surface area contributed by atoms with E-state index in [2.05, 4.69) is 0 Å². The first-order valence-electron chi connectivity index (χ1n) is 5.38. The van der Waals surface area contributed by atoms with Gasteiger partial charge in [0.1, 0.15) is 0 Å². The third-order valence-electron chi connectivity index (χ3n) is 2.96. The lowest BCUT2D eigenvalue weighted by Crippen LogP contribution is -2.29. The first-order valence-corrected chi connectivity index (χ1v) is 5.76. The summed E-state index contributed by atoms with van der Waals surface area (Å²) < 4.78 is 0. The van der Waals surface area contributed by atoms with E-state index >= 15 is 0 Å². The van der Waals surface area contributed by atoms with Gasteiger partial charge in [-0.3, -0.25) is 9.69 Å². The van der Waals surface area contributed by atoms with Crippen LogP contribution in [0.3, 0.4) is 0 Å². The van der Waals surface area contributed by atoms with Crippen LogP contribution in [0, 0.1) is 0 Å². The van der Waals surface area contributed by atoms with Gasteiger partial charge in [-0.1, -0.05) is 23.7 Å². The molecule has 16 heavy (non-hydrogen) atoms. The van der Waals surface area contributed by atoms with Crippen LogP contribution in [0.1, 0.15) is 24.4 Å². The summed E-state index contributed by atoms with van der Waals surface area (Å²) in [7, 11) is 0. The lowest BCUT2D eigenvalue weighted by Gasteiger charge is -2.22. The van der Waals surface area contributed by atoms with E-state index in [0.717, 1.165) is 24.9 Å². The van der Waals surface area contributed by atoms with Gasteiger partial charge in [-0.15, -0.1) is 0 Å². The van der Waals surface area contributed by atoms with Crippen LogP contribution in [0.25, 0.3) is 0 Å². The molecular weight excluding hydrogens is 226 g/mol. The van der Waals surface area contributed by atoms with Crippen molar-refractivity contribution in [3.8, 4) is 0 Å². The zero-order valence-corrected chi connectivity index (χ0v) is 9.65. The summed E-state index contributed by atoms with van der Waals surface area (Å²) in [5.74, 6) is -0.763. The quantitative estimate of drug-likeness (QED) is 0.881. The number of likely N-dealkylation sites (tertiary alicyclic amines) is 1. The van der Waals surface area contributed by atoms with Crippen molar-refractivity contribution in [2.45, 2.75) is 18.9 Å². The van der Waals surface area contributed by atoms with Crippen LogP contribution in [0.4, 0.5) is 0 Å². The molecule has 0 amide bonds. The fraction of sp³-hybridized carbons (Fsp3) is 0.417. The van der Waals surface area contributed by atoms with Crippen LogP contribution in [-0.2, 0) is 4.79 Å². The van der Waals surface area contributed by atoms with E-state index in [1.54, 1.807) is 0 Å². The van der Waals surface area contributed by atoms with Crippen LogP contribution in [0.5, 0.6) is 0 Å². The predicted octanol–water partition coefficient (Wildman–Crippen LogP) is 2.56. The number of hydrogen-bond donors (Lipinski definition) is 1. The van der Waals surface area contributed by atoms with E-state index in [4.69, 9.17) is 16.7 Å². The van der Waals surface area contributed by atoms with Gasteiger partial charge in [0, 0.05) is 11.1 Å². The number of halogens is 1. The van der Waals surface area contributed by atoms with Crippen LogP contribution >= 0.6 is 11.6 Å². The van der Waals surface area contributed by atoms with Crippen molar-refractivity contribution in [2.24, 2.45) is 0 Å². The van der Waals surface area contributed by atoms with Crippen molar-refractivity contribution in [3.63, 3.8) is 0 Å². The lowest BCUT2D eigenvalue weighted by molar-refractivity contribution is -0.138. The molecule has 1 aromatic carbocycles. The third-order valence-corrected chi connectivity index (χ3v) is 3.21. The molecular formula is C12H14ClNO2. The average molecular weight is 240 g/mol. The number of hydrogen-bond acceptors (Lipinski definition) is 2. The summed E-state index contributed by atoms with van der Waals surface area (Å²) in [6.45, 7) is 0.979. The maximum absolute atomic E-state index is 10.7. The maximum Gasteiger partial charge on any atom is 0.317 e. The summed E-state index contributed by atoms with van der Waals surface area (Å²) in [6.07, 6.45) is 2.08. The Morgan fingerprint density at radius 2 is 2.12 bits per heavy atom. The number of carbonyl (C=O) groups is 1. The minimum Gasteiger partial charge on any atom is -0.480 e. The van der Waals surface area contributed by atoms with Gasteiger partial charge in [-0.2, -0.15) is 0 Å². The topological polar surface area (TPSA) is 40.5 Å². The van der Waals surface area contributed by atoms with E-state index in [1.165, 1.54) is 0 Å². The molecule has 0 spiro atoms. The molecule has 1 aliphatic heterocycles. The molecule has 0 aliphatic carbocycles. The Balaban J connectivity index is 2.13. The molecule has 4 heteroatoms. The standard InChI is InChI=1S/C12H14ClNO2/c13-10-5-3-9(4-6-10)11-2-1-7-14(11)8-12(15)16/h3-6,11H,1-2,7-8H2,(H,15,16). The smallest absolute Gasteiger partial charge is 0.317 e. The van der Waals surface area contributed by atoms with Crippen LogP contribution < -0.4 is 0 Å². The molecule has 1 N–H and O–H groups in total. The van der Waals surface area contributed by atoms with Crippen molar-refractivity contribution < 1.29 is 9.90 Å². The van der Waals surface area contributed by atoms with Gasteiger partial charge < -0.3 is 5.11 Å². The van der Waals surface area contributed by atoms with Crippen molar-refractivity contribution in [1.82, 2.24) is 4.90 Å². The third kappa shape index (κ3) is 2.54. The summed E-state index contributed by atoms with van der Waals surface area (Å²) >= 11 is 5.83. The molecule has 0 saturated carbocycles. The molecule has 1 heterocycles. The SMILES string of the molecule is O=C(O)CN1CCCC1c1ccc(Cl)cc1. The van der Waals surface area contributed by atoms with Gasteiger partial charge >= 0.3 is 5.97 Å². The van der Waals surface area contributed by atoms with Crippen LogP contribution in [-0.4, -0.2) is 29.1 Å². The fourth-order valence-electron chi connectivity index (χ4n) is 2.25. The molecule has 3 nitrogen and oxygen atoms in total. The van der Waals surface area contributed by atoms with Crippen molar-refractivity contribution in [3.05, 3.63) is 34.9 Å². The number of benzene rings is 1. The molecule has 1 fully saturated rings. The second-order valence-corrected chi connectivity index (χ2v) is 4.51. The highest BCUT2D eigenvalue weighted by atomic mass is 35.5. The normalized spacial score (nSPS) is 21.2. The maximum atomic E-state index is 10.7. The van der Waals surface area contributed by atoms with E-state index in [9.17, 15) is 4.79 Å². The van der Waals surface area contributed by atoms with Gasteiger partial charge in [0.15, 0.2) is 0 Å². The Morgan fingerprint density at radius 3 is 2.75 bits per heavy atom. The number of rotatable bonds is 3. The molecule has 1 aliphatic rings. The van der Waals surface area contributed by atoms with Crippen molar-refractivity contribution in [2.75, 3.05) is 13.1 Å². The molecule has 0 bridgehead atoms. The first kappa shape index (κ1) is 11.4. The average Bonchev–Trinajstić information content (AvgIpc) is 2.66. The van der Waals surface area contributed by atoms with Gasteiger partial charge in [0.25, 0.3) is 0 Å². The number of aliphatic carboxylic acids is 1. The Labute approximate surface area is 99.6 Å². The Morgan fingerprint density at radius 1 is 1.44 bits per heavy atom. The lowest BCUT2D eigenvalue weighted by atomic mass is 10.0. The van der Waals surface area contributed by atoms with E-state index in [0.29, 0.717) is 5.02 Å². The number of carboxylic acid groups (broad SMARTS) is 1. The largest absolute Gasteiger partial charge is 0.480 e. The number of carboxylic acids is 1. The highest BCUT2D eigenvalue weighted by Gasteiger charge is 2.27. The minimum atomic E-state index is -0.763. The zero-order chi connectivity index (χ0) is 11.5. The monoisotopic (exact) mass is 239 g/mol. The highest BCUT2D eigenvalue weighted by molar-refractivity contribution is 6.30. The molecule has 0 aromatic heterocycles. The molecule has 1 atom stereocenters. The molecule has 1 saturated heterocycles. The minimum absolute atomic E-state index is 0.118. The van der Waals surface area contributed by atoms with E-state index in [-0.39, 0.29) is 12.6 Å². The second-order valence-electron chi connectivity index (χ2n) is 4.07. The fourth-order valence-corrected chi connectivity index (χ4v) is 2.38. The van der Waals surface area contributed by atoms with Crippen LogP contribution in [0.15, 0.2) is 24.3 Å². The highest BCUT2D eigenvalue weighted by Crippen LogP contribution is 2.31. The van der Waals surface area contributed by atoms with Gasteiger partial charge in [-0.05, 0) is 37.1 Å². The molecule has 1 unspecified atom stereocenters. The van der Waals surface area contributed by atoms with Crippen molar-refractivity contribution in [1.29, 1.82) is 0 Å². The summed E-state index contributed by atoms with van der Waals surface area (Å²) in [5, 5.41) is 9.53. The Bertz CT molecular complexity index is 377. The van der Waals surface area contributed by atoms with Gasteiger partial charge in [0.05, 0.1) is 6.54 Å². The van der Waals surface area contributed by atoms with Crippen LogP contribution in [0.2, 0.25) is 5.02 Å². The molecule has 86 valence electrons. The second kappa shape index (κ2) is 4.85. The predicted molar refractivity (Wildman–Crippen MR) is 62.6 cm³/mol.